The Morgan fingerprint density at radius 3 is 2.73 bits per heavy atom. The average molecular weight is 355 g/mol. The summed E-state index contributed by atoms with van der Waals surface area (Å²) in [6.45, 7) is 2.73. The molecule has 2 amide bonds. The molecule has 138 valence electrons. The van der Waals surface area contributed by atoms with E-state index in [1.54, 1.807) is 12.4 Å². The largest absolute Gasteiger partial charge is 0.355 e. The first-order valence-electron chi connectivity index (χ1n) is 9.13. The second kappa shape index (κ2) is 8.60. The van der Waals surface area contributed by atoms with Gasteiger partial charge in [0.05, 0.1) is 0 Å². The van der Waals surface area contributed by atoms with Crippen molar-refractivity contribution in [2.45, 2.75) is 45.6 Å². The van der Waals surface area contributed by atoms with E-state index in [0.29, 0.717) is 13.1 Å². The monoisotopic (exact) mass is 355 g/mol. The zero-order chi connectivity index (χ0) is 18.4. The van der Waals surface area contributed by atoms with Crippen molar-refractivity contribution in [3.63, 3.8) is 0 Å². The average Bonchev–Trinajstić information content (AvgIpc) is 3.32. The van der Waals surface area contributed by atoms with E-state index in [4.69, 9.17) is 0 Å². The topological polar surface area (TPSA) is 88.9 Å². The highest BCUT2D eigenvalue weighted by Crippen LogP contribution is 2.24. The van der Waals surface area contributed by atoms with Crippen LogP contribution in [0.2, 0.25) is 0 Å². The quantitative estimate of drug-likeness (QED) is 0.794. The van der Waals surface area contributed by atoms with E-state index in [0.717, 1.165) is 42.9 Å². The van der Waals surface area contributed by atoms with Gasteiger partial charge in [-0.2, -0.15) is 0 Å². The van der Waals surface area contributed by atoms with Gasteiger partial charge >= 0.3 is 0 Å². The van der Waals surface area contributed by atoms with Gasteiger partial charge in [0.25, 0.3) is 0 Å². The molecule has 2 heterocycles. The summed E-state index contributed by atoms with van der Waals surface area (Å²) in [5, 5.41) is 5.75. The lowest BCUT2D eigenvalue weighted by Gasteiger charge is -2.11. The van der Waals surface area contributed by atoms with Crippen molar-refractivity contribution in [2.24, 2.45) is 5.92 Å². The number of aryl methyl sites for hydroxylation is 1. The maximum absolute atomic E-state index is 12.0. The summed E-state index contributed by atoms with van der Waals surface area (Å²) in [4.78, 5) is 32.5. The summed E-state index contributed by atoms with van der Waals surface area (Å²) in [5.74, 6) is 1.78. The lowest BCUT2D eigenvalue weighted by Crippen LogP contribution is -2.33. The van der Waals surface area contributed by atoms with Crippen LogP contribution >= 0.6 is 0 Å². The van der Waals surface area contributed by atoms with Crippen LogP contribution in [0, 0.1) is 12.8 Å². The van der Waals surface area contributed by atoms with Gasteiger partial charge in [0.1, 0.15) is 11.6 Å². The first-order chi connectivity index (χ1) is 12.6. The number of nitrogens with zero attached hydrogens (tertiary/aromatic N) is 3. The fourth-order valence-corrected chi connectivity index (χ4v) is 3.24. The van der Waals surface area contributed by atoms with Crippen LogP contribution in [-0.4, -0.2) is 32.9 Å². The second-order valence-corrected chi connectivity index (χ2v) is 6.67. The molecule has 1 aliphatic rings. The number of carbonyl (C=O) groups is 2. The maximum Gasteiger partial charge on any atom is 0.223 e. The molecule has 26 heavy (non-hydrogen) atoms. The van der Waals surface area contributed by atoms with Gasteiger partial charge in [0.15, 0.2) is 0 Å². The van der Waals surface area contributed by atoms with Crippen molar-refractivity contribution in [3.05, 3.63) is 42.1 Å². The van der Waals surface area contributed by atoms with Crippen LogP contribution in [0.1, 0.15) is 43.5 Å². The zero-order valence-electron chi connectivity index (χ0n) is 15.1. The van der Waals surface area contributed by atoms with Crippen LogP contribution < -0.4 is 10.6 Å². The van der Waals surface area contributed by atoms with Crippen molar-refractivity contribution in [2.75, 3.05) is 6.54 Å². The van der Waals surface area contributed by atoms with Crippen LogP contribution in [0.15, 0.2) is 30.7 Å². The van der Waals surface area contributed by atoms with Crippen LogP contribution in [0.25, 0.3) is 5.82 Å². The third kappa shape index (κ3) is 4.68. The van der Waals surface area contributed by atoms with E-state index in [1.807, 2.05) is 29.8 Å². The summed E-state index contributed by atoms with van der Waals surface area (Å²) >= 11 is 0. The number of nitrogens with one attached hydrogen (secondary N) is 2. The van der Waals surface area contributed by atoms with E-state index >= 15 is 0 Å². The summed E-state index contributed by atoms with van der Waals surface area (Å²) in [7, 11) is 0. The molecule has 2 aromatic heterocycles. The molecule has 2 N–H and O–H groups in total. The number of carbonyl (C=O) groups excluding carboxylic acids is 2. The normalized spacial score (nSPS) is 14.3. The number of amides is 2. The maximum atomic E-state index is 12.0. The van der Waals surface area contributed by atoms with E-state index < -0.39 is 0 Å². The Balaban J connectivity index is 1.43. The van der Waals surface area contributed by atoms with Gasteiger partial charge in [-0.25, -0.2) is 9.97 Å². The highest BCUT2D eigenvalue weighted by atomic mass is 16.2. The first-order valence-corrected chi connectivity index (χ1v) is 9.13. The van der Waals surface area contributed by atoms with Crippen molar-refractivity contribution < 1.29 is 9.59 Å². The van der Waals surface area contributed by atoms with E-state index in [2.05, 4.69) is 20.6 Å². The lowest BCUT2D eigenvalue weighted by atomic mass is 10.1. The number of pyridine rings is 1. The van der Waals surface area contributed by atoms with Crippen molar-refractivity contribution in [1.29, 1.82) is 0 Å². The van der Waals surface area contributed by atoms with E-state index in [1.165, 1.54) is 0 Å². The minimum absolute atomic E-state index is 0.0751. The molecule has 0 radical (unpaired) electrons. The van der Waals surface area contributed by atoms with E-state index in [9.17, 15) is 9.59 Å². The minimum Gasteiger partial charge on any atom is -0.355 e. The first kappa shape index (κ1) is 18.1. The van der Waals surface area contributed by atoms with Gasteiger partial charge in [-0.3, -0.25) is 14.2 Å². The molecule has 7 nitrogen and oxygen atoms in total. The zero-order valence-corrected chi connectivity index (χ0v) is 15.1. The smallest absolute Gasteiger partial charge is 0.223 e. The van der Waals surface area contributed by atoms with Gasteiger partial charge in [-0.15, -0.1) is 0 Å². The van der Waals surface area contributed by atoms with Gasteiger partial charge in [0.2, 0.25) is 11.8 Å². The lowest BCUT2D eigenvalue weighted by molar-refractivity contribution is -0.125. The van der Waals surface area contributed by atoms with Gasteiger partial charge in [-0.1, -0.05) is 12.8 Å². The molecule has 0 aliphatic heterocycles. The van der Waals surface area contributed by atoms with Crippen LogP contribution in [0.3, 0.4) is 0 Å². The third-order valence-electron chi connectivity index (χ3n) is 4.75. The Morgan fingerprint density at radius 1 is 1.19 bits per heavy atom. The van der Waals surface area contributed by atoms with Gasteiger partial charge in [0, 0.05) is 44.0 Å². The summed E-state index contributed by atoms with van der Waals surface area (Å²) in [6.07, 6.45) is 9.79. The van der Waals surface area contributed by atoms with Crippen LogP contribution in [0.4, 0.5) is 0 Å². The fraction of sp³-hybridized carbons (Fsp3) is 0.474. The van der Waals surface area contributed by atoms with Crippen molar-refractivity contribution in [3.8, 4) is 5.82 Å². The summed E-state index contributed by atoms with van der Waals surface area (Å²) < 4.78 is 1.89. The van der Waals surface area contributed by atoms with Gasteiger partial charge in [-0.05, 0) is 37.5 Å². The Kier molecular flexibility index (Phi) is 5.99. The van der Waals surface area contributed by atoms with Crippen molar-refractivity contribution >= 4 is 11.8 Å². The SMILES string of the molecule is Cc1nccn1-c1cc(CNC(=O)CCNC(=O)C2CCCC2)ccn1. The molecule has 1 saturated carbocycles. The molecule has 1 aliphatic carbocycles. The molecule has 0 aromatic carbocycles. The molecule has 0 bridgehead atoms. The molecular formula is C19H25N5O2. The summed E-state index contributed by atoms with van der Waals surface area (Å²) in [6, 6.07) is 3.80. The molecular weight excluding hydrogens is 330 g/mol. The predicted octanol–water partition coefficient (Wildman–Crippen LogP) is 1.89. The number of aromatic nitrogens is 3. The molecule has 1 fully saturated rings. The highest BCUT2D eigenvalue weighted by molar-refractivity contribution is 5.80. The highest BCUT2D eigenvalue weighted by Gasteiger charge is 2.22. The number of imidazole rings is 1. The molecule has 7 heteroatoms. The number of rotatable bonds is 7. The Morgan fingerprint density at radius 2 is 2.00 bits per heavy atom. The molecule has 0 atom stereocenters. The van der Waals surface area contributed by atoms with E-state index in [-0.39, 0.29) is 24.2 Å². The molecule has 0 saturated heterocycles. The van der Waals surface area contributed by atoms with Crippen molar-refractivity contribution in [1.82, 2.24) is 25.2 Å². The van der Waals surface area contributed by atoms with Gasteiger partial charge < -0.3 is 10.6 Å². The Labute approximate surface area is 153 Å². The molecule has 2 aromatic rings. The van der Waals surface area contributed by atoms with Crippen LogP contribution in [-0.2, 0) is 16.1 Å². The predicted molar refractivity (Wildman–Crippen MR) is 97.5 cm³/mol. The third-order valence-corrected chi connectivity index (χ3v) is 4.75. The Bertz CT molecular complexity index is 765. The second-order valence-electron chi connectivity index (χ2n) is 6.67. The standard InChI is InChI=1S/C19H25N5O2/c1-14-20-10-11-24(14)17-12-15(6-8-21-17)13-23-18(25)7-9-22-19(26)16-4-2-3-5-16/h6,8,10-12,16H,2-5,7,9,13H2,1H3,(H,22,26)(H,23,25). The molecule has 0 unspecified atom stereocenters. The number of hydrogen-bond donors (Lipinski definition) is 2. The fourth-order valence-electron chi connectivity index (χ4n) is 3.24. The Hall–Kier alpha value is -2.70. The molecule has 0 spiro atoms. The molecule has 3 rings (SSSR count). The summed E-state index contributed by atoms with van der Waals surface area (Å²) in [5.41, 5.74) is 0.964. The minimum atomic E-state index is -0.0751. The number of hydrogen-bond acceptors (Lipinski definition) is 4. The van der Waals surface area contributed by atoms with Crippen LogP contribution in [0.5, 0.6) is 0 Å².